The van der Waals surface area contributed by atoms with E-state index in [1.54, 1.807) is 0 Å². The minimum Gasteiger partial charge on any atom is -0.367 e. The third kappa shape index (κ3) is 3.38. The van der Waals surface area contributed by atoms with Crippen molar-refractivity contribution in [3.8, 4) is 0 Å². The number of aromatic nitrogens is 3. The highest BCUT2D eigenvalue weighted by Gasteiger charge is 2.28. The number of aryl methyl sites for hydroxylation is 3. The van der Waals surface area contributed by atoms with E-state index in [1.807, 2.05) is 25.7 Å². The lowest BCUT2D eigenvalue weighted by Gasteiger charge is -2.19. The molecule has 3 heterocycles. The fourth-order valence-corrected chi connectivity index (χ4v) is 4.23. The first kappa shape index (κ1) is 16.4. The van der Waals surface area contributed by atoms with E-state index < -0.39 is 0 Å². The van der Waals surface area contributed by atoms with Crippen LogP contribution in [-0.2, 0) is 12.8 Å². The molecule has 7 heteroatoms. The van der Waals surface area contributed by atoms with Crippen molar-refractivity contribution >= 4 is 23.1 Å². The van der Waals surface area contributed by atoms with Crippen molar-refractivity contribution in [2.75, 3.05) is 18.4 Å². The topological polar surface area (TPSA) is 71.0 Å². The number of rotatable bonds is 3. The SMILES string of the molecule is Cc1nc2c(c(NC3CC3)n1)CCN(C(=O)c1sc(C)nc1C)CC2. The van der Waals surface area contributed by atoms with Gasteiger partial charge in [-0.05, 0) is 40.0 Å². The number of hydrogen-bond donors (Lipinski definition) is 1. The van der Waals surface area contributed by atoms with E-state index in [2.05, 4.69) is 20.3 Å². The smallest absolute Gasteiger partial charge is 0.265 e. The lowest BCUT2D eigenvalue weighted by molar-refractivity contribution is 0.0767. The van der Waals surface area contributed by atoms with Crippen molar-refractivity contribution in [1.82, 2.24) is 19.9 Å². The average Bonchev–Trinajstić information content (AvgIpc) is 3.33. The van der Waals surface area contributed by atoms with Crippen molar-refractivity contribution in [2.24, 2.45) is 0 Å². The molecule has 1 amide bonds. The van der Waals surface area contributed by atoms with Gasteiger partial charge >= 0.3 is 0 Å². The Morgan fingerprint density at radius 3 is 2.56 bits per heavy atom. The van der Waals surface area contributed by atoms with Crippen molar-refractivity contribution in [1.29, 1.82) is 0 Å². The Labute approximate surface area is 151 Å². The molecule has 0 unspecified atom stereocenters. The lowest BCUT2D eigenvalue weighted by atomic mass is 10.1. The standard InChI is InChI=1S/C18H23N5OS/c1-10-16(25-12(3)19-10)18(24)23-8-6-14-15(7-9-23)20-11(2)21-17(14)22-13-4-5-13/h13H,4-9H2,1-3H3,(H,20,21,22). The van der Waals surface area contributed by atoms with Gasteiger partial charge in [0.2, 0.25) is 0 Å². The highest BCUT2D eigenvalue weighted by molar-refractivity contribution is 7.13. The van der Waals surface area contributed by atoms with Crippen LogP contribution in [0.15, 0.2) is 0 Å². The monoisotopic (exact) mass is 357 g/mol. The summed E-state index contributed by atoms with van der Waals surface area (Å²) in [5.41, 5.74) is 3.11. The first-order valence-corrected chi connectivity index (χ1v) is 9.69. The molecule has 2 aromatic heterocycles. The maximum Gasteiger partial charge on any atom is 0.265 e. The molecule has 25 heavy (non-hydrogen) atoms. The van der Waals surface area contributed by atoms with Crippen LogP contribution in [-0.4, -0.2) is 44.9 Å². The molecule has 1 N–H and O–H groups in total. The van der Waals surface area contributed by atoms with Crippen molar-refractivity contribution in [3.05, 3.63) is 32.7 Å². The van der Waals surface area contributed by atoms with Gasteiger partial charge in [0.25, 0.3) is 5.91 Å². The van der Waals surface area contributed by atoms with Crippen molar-refractivity contribution in [2.45, 2.75) is 52.5 Å². The van der Waals surface area contributed by atoms with E-state index in [0.717, 1.165) is 45.8 Å². The molecule has 0 atom stereocenters. The van der Waals surface area contributed by atoms with Gasteiger partial charge in [-0.15, -0.1) is 11.3 Å². The van der Waals surface area contributed by atoms with Gasteiger partial charge in [-0.1, -0.05) is 0 Å². The summed E-state index contributed by atoms with van der Waals surface area (Å²) in [7, 11) is 0. The normalized spacial score (nSPS) is 17.2. The first-order valence-electron chi connectivity index (χ1n) is 8.87. The number of nitrogens with zero attached hydrogens (tertiary/aromatic N) is 4. The van der Waals surface area contributed by atoms with Crippen LogP contribution in [0.5, 0.6) is 0 Å². The van der Waals surface area contributed by atoms with Gasteiger partial charge in [-0.2, -0.15) is 0 Å². The lowest BCUT2D eigenvalue weighted by Crippen LogP contribution is -2.33. The third-order valence-electron chi connectivity index (χ3n) is 4.76. The largest absolute Gasteiger partial charge is 0.367 e. The summed E-state index contributed by atoms with van der Waals surface area (Å²) in [4.78, 5) is 29.3. The molecule has 1 aliphatic carbocycles. The molecule has 0 spiro atoms. The van der Waals surface area contributed by atoms with Crippen LogP contribution >= 0.6 is 11.3 Å². The second-order valence-electron chi connectivity index (χ2n) is 6.90. The zero-order valence-electron chi connectivity index (χ0n) is 14.9. The number of carbonyl (C=O) groups excluding carboxylic acids is 1. The Morgan fingerprint density at radius 1 is 1.12 bits per heavy atom. The molecule has 2 aliphatic rings. The summed E-state index contributed by atoms with van der Waals surface area (Å²) in [5.74, 6) is 1.87. The molecule has 1 saturated carbocycles. The van der Waals surface area contributed by atoms with E-state index in [4.69, 9.17) is 0 Å². The second-order valence-corrected chi connectivity index (χ2v) is 8.11. The summed E-state index contributed by atoms with van der Waals surface area (Å²) in [6.45, 7) is 7.20. The average molecular weight is 357 g/mol. The summed E-state index contributed by atoms with van der Waals surface area (Å²) in [5, 5.41) is 4.48. The number of amides is 1. The summed E-state index contributed by atoms with van der Waals surface area (Å²) in [6, 6.07) is 0.558. The molecule has 0 radical (unpaired) electrons. The molecule has 6 nitrogen and oxygen atoms in total. The quantitative estimate of drug-likeness (QED) is 0.914. The van der Waals surface area contributed by atoms with E-state index in [0.29, 0.717) is 19.1 Å². The number of thiazole rings is 1. The van der Waals surface area contributed by atoms with Crippen molar-refractivity contribution in [3.63, 3.8) is 0 Å². The Hall–Kier alpha value is -2.02. The predicted molar refractivity (Wildman–Crippen MR) is 98.3 cm³/mol. The highest BCUT2D eigenvalue weighted by atomic mass is 32.1. The van der Waals surface area contributed by atoms with Crippen LogP contribution in [0.3, 0.4) is 0 Å². The van der Waals surface area contributed by atoms with Crippen LogP contribution in [0.25, 0.3) is 0 Å². The van der Waals surface area contributed by atoms with Gasteiger partial charge in [0.15, 0.2) is 0 Å². The molecule has 0 bridgehead atoms. The maximum absolute atomic E-state index is 12.9. The zero-order valence-corrected chi connectivity index (χ0v) is 15.7. The van der Waals surface area contributed by atoms with E-state index in [1.165, 1.54) is 29.7 Å². The number of fused-ring (bicyclic) bond motifs is 1. The molecule has 2 aromatic rings. The number of hydrogen-bond acceptors (Lipinski definition) is 6. The molecule has 0 saturated heterocycles. The Morgan fingerprint density at radius 2 is 1.88 bits per heavy atom. The van der Waals surface area contributed by atoms with Crippen LogP contribution in [0.1, 0.15) is 50.3 Å². The number of carbonyl (C=O) groups is 1. The zero-order chi connectivity index (χ0) is 17.6. The summed E-state index contributed by atoms with van der Waals surface area (Å²) < 4.78 is 0. The summed E-state index contributed by atoms with van der Waals surface area (Å²) >= 11 is 1.49. The minimum absolute atomic E-state index is 0.0947. The van der Waals surface area contributed by atoms with Crippen LogP contribution in [0.4, 0.5) is 5.82 Å². The third-order valence-corrected chi connectivity index (χ3v) is 5.82. The first-order chi connectivity index (χ1) is 12.0. The molecular formula is C18H23N5OS. The predicted octanol–water partition coefficient (Wildman–Crippen LogP) is 2.67. The fraction of sp³-hybridized carbons (Fsp3) is 0.556. The Bertz CT molecular complexity index is 827. The minimum atomic E-state index is 0.0947. The maximum atomic E-state index is 12.9. The molecule has 1 fully saturated rings. The number of anilines is 1. The molecule has 132 valence electrons. The van der Waals surface area contributed by atoms with Crippen LogP contribution < -0.4 is 5.32 Å². The van der Waals surface area contributed by atoms with Gasteiger partial charge in [0, 0.05) is 31.1 Å². The van der Waals surface area contributed by atoms with E-state index in [-0.39, 0.29) is 5.91 Å². The van der Waals surface area contributed by atoms with Gasteiger partial charge in [-0.25, -0.2) is 15.0 Å². The van der Waals surface area contributed by atoms with Gasteiger partial charge in [0.05, 0.1) is 16.4 Å². The van der Waals surface area contributed by atoms with E-state index in [9.17, 15) is 4.79 Å². The molecular weight excluding hydrogens is 334 g/mol. The van der Waals surface area contributed by atoms with Gasteiger partial charge in [0.1, 0.15) is 16.5 Å². The molecule has 1 aliphatic heterocycles. The Kier molecular flexibility index (Phi) is 4.19. The van der Waals surface area contributed by atoms with Crippen LogP contribution in [0, 0.1) is 20.8 Å². The Balaban J connectivity index is 1.57. The fourth-order valence-electron chi connectivity index (χ4n) is 3.34. The molecule has 4 rings (SSSR count). The summed E-state index contributed by atoms with van der Waals surface area (Å²) in [6.07, 6.45) is 4.01. The second kappa shape index (κ2) is 6.37. The highest BCUT2D eigenvalue weighted by Crippen LogP contribution is 2.29. The number of nitrogens with one attached hydrogen (secondary N) is 1. The molecule has 0 aromatic carbocycles. The van der Waals surface area contributed by atoms with Crippen LogP contribution in [0.2, 0.25) is 0 Å². The van der Waals surface area contributed by atoms with Gasteiger partial charge < -0.3 is 10.2 Å². The van der Waals surface area contributed by atoms with Gasteiger partial charge in [-0.3, -0.25) is 4.79 Å². The van der Waals surface area contributed by atoms with Crippen molar-refractivity contribution < 1.29 is 4.79 Å². The van der Waals surface area contributed by atoms with E-state index >= 15 is 0 Å².